The summed E-state index contributed by atoms with van der Waals surface area (Å²) in [6.45, 7) is 6.49. The number of nitrogens with zero attached hydrogens (tertiary/aromatic N) is 2. The molecular formula is C17H25N3. The summed E-state index contributed by atoms with van der Waals surface area (Å²) in [5, 5.41) is 7.83. The van der Waals surface area contributed by atoms with E-state index in [0.29, 0.717) is 12.0 Å². The Morgan fingerprint density at radius 2 is 1.75 bits per heavy atom. The number of benzene rings is 1. The van der Waals surface area contributed by atoms with Gasteiger partial charge >= 0.3 is 0 Å². The van der Waals surface area contributed by atoms with Gasteiger partial charge in [0.1, 0.15) is 0 Å². The van der Waals surface area contributed by atoms with Gasteiger partial charge < -0.3 is 5.32 Å². The van der Waals surface area contributed by atoms with Gasteiger partial charge in [0.15, 0.2) is 0 Å². The first-order valence-corrected chi connectivity index (χ1v) is 7.28. The van der Waals surface area contributed by atoms with Crippen molar-refractivity contribution in [2.24, 2.45) is 7.05 Å². The van der Waals surface area contributed by atoms with E-state index in [2.05, 4.69) is 54.6 Å². The van der Waals surface area contributed by atoms with Gasteiger partial charge in [-0.3, -0.25) is 4.68 Å². The number of aryl methyl sites for hydroxylation is 2. The minimum absolute atomic E-state index is 0.325. The van der Waals surface area contributed by atoms with Crippen LogP contribution in [0.25, 0.3) is 0 Å². The number of aromatic nitrogens is 2. The number of hydrogen-bond acceptors (Lipinski definition) is 2. The SMILES string of the molecule is CNC(Cc1cc(C)nn1C)c1ccc(C(C)C)cc1. The molecule has 0 radical (unpaired) electrons. The number of hydrogen-bond donors (Lipinski definition) is 1. The normalized spacial score (nSPS) is 12.9. The summed E-state index contributed by atoms with van der Waals surface area (Å²) in [6.07, 6.45) is 0.953. The van der Waals surface area contributed by atoms with Crippen LogP contribution in [0.4, 0.5) is 0 Å². The molecule has 0 aliphatic heterocycles. The number of nitrogens with one attached hydrogen (secondary N) is 1. The summed E-state index contributed by atoms with van der Waals surface area (Å²) in [5.41, 5.74) is 5.05. The Bertz CT molecular complexity index is 552. The molecule has 0 aliphatic rings. The fourth-order valence-electron chi connectivity index (χ4n) is 2.56. The van der Waals surface area contributed by atoms with E-state index in [0.717, 1.165) is 12.1 Å². The third-order valence-electron chi connectivity index (χ3n) is 3.87. The lowest BCUT2D eigenvalue weighted by molar-refractivity contribution is 0.561. The van der Waals surface area contributed by atoms with Crippen LogP contribution in [0.2, 0.25) is 0 Å². The minimum Gasteiger partial charge on any atom is -0.313 e. The molecule has 3 heteroatoms. The maximum absolute atomic E-state index is 4.42. The number of likely N-dealkylation sites (N-methyl/N-ethyl adjacent to an activating group) is 1. The summed E-state index contributed by atoms with van der Waals surface area (Å²) in [7, 11) is 4.03. The van der Waals surface area contributed by atoms with E-state index in [1.807, 2.05) is 25.7 Å². The standard InChI is InChI=1S/C17H25N3/c1-12(2)14-6-8-15(9-7-14)17(18-4)11-16-10-13(3)19-20(16)5/h6-10,12,17-18H,11H2,1-5H3. The highest BCUT2D eigenvalue weighted by Gasteiger charge is 2.13. The molecule has 1 N–H and O–H groups in total. The lowest BCUT2D eigenvalue weighted by Gasteiger charge is -2.17. The van der Waals surface area contributed by atoms with Crippen molar-refractivity contribution in [1.82, 2.24) is 15.1 Å². The van der Waals surface area contributed by atoms with Crippen LogP contribution in [0.1, 0.15) is 48.3 Å². The van der Waals surface area contributed by atoms with Crippen LogP contribution in [0, 0.1) is 6.92 Å². The highest BCUT2D eigenvalue weighted by Crippen LogP contribution is 2.21. The third kappa shape index (κ3) is 3.28. The van der Waals surface area contributed by atoms with Crippen LogP contribution in [-0.2, 0) is 13.5 Å². The van der Waals surface area contributed by atoms with E-state index in [1.54, 1.807) is 0 Å². The summed E-state index contributed by atoms with van der Waals surface area (Å²) in [5.74, 6) is 0.580. The van der Waals surface area contributed by atoms with E-state index < -0.39 is 0 Å². The Morgan fingerprint density at radius 1 is 1.15 bits per heavy atom. The zero-order chi connectivity index (χ0) is 14.7. The third-order valence-corrected chi connectivity index (χ3v) is 3.87. The van der Waals surface area contributed by atoms with Crippen molar-refractivity contribution in [3.05, 3.63) is 52.8 Å². The van der Waals surface area contributed by atoms with Crippen molar-refractivity contribution in [3.8, 4) is 0 Å². The first-order chi connectivity index (χ1) is 9.51. The van der Waals surface area contributed by atoms with Crippen molar-refractivity contribution in [2.45, 2.75) is 39.2 Å². The number of rotatable bonds is 5. The lowest BCUT2D eigenvalue weighted by atomic mass is 9.97. The maximum Gasteiger partial charge on any atom is 0.0596 e. The van der Waals surface area contributed by atoms with Crippen LogP contribution in [0.5, 0.6) is 0 Å². The van der Waals surface area contributed by atoms with Gasteiger partial charge in [0.25, 0.3) is 0 Å². The average molecular weight is 271 g/mol. The molecule has 0 saturated heterocycles. The molecule has 2 rings (SSSR count). The molecule has 2 aromatic rings. The van der Waals surface area contributed by atoms with Crippen molar-refractivity contribution < 1.29 is 0 Å². The molecule has 108 valence electrons. The monoisotopic (exact) mass is 271 g/mol. The molecule has 1 heterocycles. The molecule has 1 atom stereocenters. The van der Waals surface area contributed by atoms with Crippen molar-refractivity contribution >= 4 is 0 Å². The average Bonchev–Trinajstić information content (AvgIpc) is 2.74. The van der Waals surface area contributed by atoms with Gasteiger partial charge in [-0.2, -0.15) is 5.10 Å². The Morgan fingerprint density at radius 3 is 2.20 bits per heavy atom. The molecule has 1 aromatic carbocycles. The molecule has 0 bridgehead atoms. The van der Waals surface area contributed by atoms with Gasteiger partial charge in [-0.15, -0.1) is 0 Å². The molecular weight excluding hydrogens is 246 g/mol. The lowest BCUT2D eigenvalue weighted by Crippen LogP contribution is -2.20. The minimum atomic E-state index is 0.325. The highest BCUT2D eigenvalue weighted by molar-refractivity contribution is 5.28. The van der Waals surface area contributed by atoms with Gasteiger partial charge in [-0.05, 0) is 37.1 Å². The van der Waals surface area contributed by atoms with Crippen molar-refractivity contribution in [3.63, 3.8) is 0 Å². The van der Waals surface area contributed by atoms with Crippen LogP contribution in [-0.4, -0.2) is 16.8 Å². The van der Waals surface area contributed by atoms with Crippen LogP contribution in [0.3, 0.4) is 0 Å². The zero-order valence-corrected chi connectivity index (χ0v) is 13.1. The second-order valence-corrected chi connectivity index (χ2v) is 5.77. The molecule has 0 aliphatic carbocycles. The summed E-state index contributed by atoms with van der Waals surface area (Å²) >= 11 is 0. The largest absolute Gasteiger partial charge is 0.313 e. The predicted octanol–water partition coefficient (Wildman–Crippen LogP) is 3.36. The Balaban J connectivity index is 2.17. The fraction of sp³-hybridized carbons (Fsp3) is 0.471. The molecule has 3 nitrogen and oxygen atoms in total. The summed E-state index contributed by atoms with van der Waals surface area (Å²) < 4.78 is 1.97. The van der Waals surface area contributed by atoms with Gasteiger partial charge in [-0.1, -0.05) is 38.1 Å². The molecule has 20 heavy (non-hydrogen) atoms. The van der Waals surface area contributed by atoms with Gasteiger partial charge in [0.2, 0.25) is 0 Å². The van der Waals surface area contributed by atoms with Crippen molar-refractivity contribution in [1.29, 1.82) is 0 Å². The van der Waals surface area contributed by atoms with E-state index in [-0.39, 0.29) is 0 Å². The molecule has 1 aromatic heterocycles. The van der Waals surface area contributed by atoms with Gasteiger partial charge in [0, 0.05) is 25.2 Å². The molecule has 0 spiro atoms. The Hall–Kier alpha value is -1.61. The smallest absolute Gasteiger partial charge is 0.0596 e. The van der Waals surface area contributed by atoms with E-state index in [1.165, 1.54) is 16.8 Å². The van der Waals surface area contributed by atoms with E-state index in [9.17, 15) is 0 Å². The molecule has 0 amide bonds. The second kappa shape index (κ2) is 6.23. The Labute approximate surface area is 122 Å². The summed E-state index contributed by atoms with van der Waals surface area (Å²) in [4.78, 5) is 0. The molecule has 0 saturated carbocycles. The molecule has 0 fully saturated rings. The second-order valence-electron chi connectivity index (χ2n) is 5.77. The highest BCUT2D eigenvalue weighted by atomic mass is 15.3. The van der Waals surface area contributed by atoms with Crippen LogP contribution < -0.4 is 5.32 Å². The first-order valence-electron chi connectivity index (χ1n) is 7.28. The predicted molar refractivity (Wildman–Crippen MR) is 84.0 cm³/mol. The quantitative estimate of drug-likeness (QED) is 0.903. The van der Waals surface area contributed by atoms with Gasteiger partial charge in [-0.25, -0.2) is 0 Å². The fourth-order valence-corrected chi connectivity index (χ4v) is 2.56. The maximum atomic E-state index is 4.42. The van der Waals surface area contributed by atoms with Crippen LogP contribution in [0.15, 0.2) is 30.3 Å². The Kier molecular flexibility index (Phi) is 4.61. The van der Waals surface area contributed by atoms with Crippen LogP contribution >= 0.6 is 0 Å². The van der Waals surface area contributed by atoms with Gasteiger partial charge in [0.05, 0.1) is 5.69 Å². The van der Waals surface area contributed by atoms with E-state index in [4.69, 9.17) is 0 Å². The molecule has 1 unspecified atom stereocenters. The van der Waals surface area contributed by atoms with Crippen molar-refractivity contribution in [2.75, 3.05) is 7.05 Å². The van der Waals surface area contributed by atoms with E-state index >= 15 is 0 Å². The summed E-state index contributed by atoms with van der Waals surface area (Å²) in [6, 6.07) is 11.4. The first kappa shape index (κ1) is 14.8. The topological polar surface area (TPSA) is 29.9 Å². The zero-order valence-electron chi connectivity index (χ0n) is 13.1.